The monoisotopic (exact) mass is 233 g/mol. The Labute approximate surface area is 99.5 Å². The van der Waals surface area contributed by atoms with Gasteiger partial charge in [-0.15, -0.1) is 0 Å². The van der Waals surface area contributed by atoms with Gasteiger partial charge in [-0.2, -0.15) is 0 Å². The minimum absolute atomic E-state index is 0.258. The van der Waals surface area contributed by atoms with Crippen LogP contribution in [0.4, 0.5) is 11.4 Å². The van der Waals surface area contributed by atoms with Crippen molar-refractivity contribution in [2.24, 2.45) is 0 Å². The zero-order valence-corrected chi connectivity index (χ0v) is 9.62. The van der Waals surface area contributed by atoms with Gasteiger partial charge in [-0.05, 0) is 48.9 Å². The van der Waals surface area contributed by atoms with Gasteiger partial charge in [0.2, 0.25) is 0 Å². The van der Waals surface area contributed by atoms with Crippen LogP contribution in [0.1, 0.15) is 5.56 Å². The molecule has 0 aliphatic rings. The Morgan fingerprint density at radius 1 is 1.06 bits per heavy atom. The van der Waals surface area contributed by atoms with Crippen LogP contribution >= 0.6 is 11.6 Å². The molecule has 3 heteroatoms. The second kappa shape index (κ2) is 4.45. The Kier molecular flexibility index (Phi) is 3.02. The Morgan fingerprint density at radius 3 is 2.44 bits per heavy atom. The van der Waals surface area contributed by atoms with Crippen molar-refractivity contribution >= 4 is 23.0 Å². The van der Waals surface area contributed by atoms with Crippen molar-refractivity contribution in [1.29, 1.82) is 0 Å². The second-order valence-electron chi connectivity index (χ2n) is 3.58. The van der Waals surface area contributed by atoms with Crippen molar-refractivity contribution < 1.29 is 5.11 Å². The van der Waals surface area contributed by atoms with Crippen LogP contribution in [0.25, 0.3) is 0 Å². The van der Waals surface area contributed by atoms with Gasteiger partial charge in [-0.25, -0.2) is 0 Å². The zero-order chi connectivity index (χ0) is 11.5. The Balaban J connectivity index is 2.27. The predicted molar refractivity (Wildman–Crippen MR) is 67.6 cm³/mol. The van der Waals surface area contributed by atoms with Gasteiger partial charge in [0.25, 0.3) is 0 Å². The first-order chi connectivity index (χ1) is 7.66. The van der Waals surface area contributed by atoms with Crippen LogP contribution in [0.5, 0.6) is 5.75 Å². The number of halogens is 1. The van der Waals surface area contributed by atoms with Crippen LogP contribution in [0.2, 0.25) is 5.02 Å². The molecule has 82 valence electrons. The maximum absolute atomic E-state index is 9.17. The zero-order valence-electron chi connectivity index (χ0n) is 8.87. The third-order valence-electron chi connectivity index (χ3n) is 2.41. The molecule has 2 N–H and O–H groups in total. The summed E-state index contributed by atoms with van der Waals surface area (Å²) < 4.78 is 0. The summed E-state index contributed by atoms with van der Waals surface area (Å²) in [4.78, 5) is 0. The normalized spacial score (nSPS) is 10.1. The molecule has 0 aliphatic carbocycles. The lowest BCUT2D eigenvalue weighted by molar-refractivity contribution is 0.475. The van der Waals surface area contributed by atoms with E-state index >= 15 is 0 Å². The van der Waals surface area contributed by atoms with Crippen molar-refractivity contribution in [3.8, 4) is 5.75 Å². The number of benzene rings is 2. The highest BCUT2D eigenvalue weighted by atomic mass is 35.5. The van der Waals surface area contributed by atoms with Crippen LogP contribution in [0, 0.1) is 6.92 Å². The van der Waals surface area contributed by atoms with Gasteiger partial charge < -0.3 is 10.4 Å². The molecular weight excluding hydrogens is 222 g/mol. The predicted octanol–water partition coefficient (Wildman–Crippen LogP) is 4.10. The molecule has 0 fully saturated rings. The van der Waals surface area contributed by atoms with Crippen LogP contribution in [-0.4, -0.2) is 5.11 Å². The lowest BCUT2D eigenvalue weighted by Gasteiger charge is -2.10. The molecule has 0 aliphatic heterocycles. The van der Waals surface area contributed by atoms with E-state index in [1.165, 1.54) is 0 Å². The number of rotatable bonds is 2. The maximum Gasteiger partial charge on any atom is 0.115 e. The highest BCUT2D eigenvalue weighted by molar-refractivity contribution is 6.31. The minimum Gasteiger partial charge on any atom is -0.508 e. The molecule has 2 aromatic rings. The van der Waals surface area contributed by atoms with Gasteiger partial charge in [0.05, 0.1) is 0 Å². The lowest BCUT2D eigenvalue weighted by atomic mass is 10.2. The van der Waals surface area contributed by atoms with Crippen LogP contribution in [0.3, 0.4) is 0 Å². The fourth-order valence-electron chi connectivity index (χ4n) is 1.44. The summed E-state index contributed by atoms with van der Waals surface area (Å²) in [5.74, 6) is 0.258. The van der Waals surface area contributed by atoms with E-state index in [0.717, 1.165) is 22.0 Å². The summed E-state index contributed by atoms with van der Waals surface area (Å²) in [6, 6.07) is 12.6. The van der Waals surface area contributed by atoms with Gasteiger partial charge in [0, 0.05) is 16.4 Å². The maximum atomic E-state index is 9.17. The lowest BCUT2D eigenvalue weighted by Crippen LogP contribution is -1.92. The summed E-state index contributed by atoms with van der Waals surface area (Å²) in [7, 11) is 0. The molecule has 0 heterocycles. The molecule has 0 spiro atoms. The van der Waals surface area contributed by atoms with Gasteiger partial charge >= 0.3 is 0 Å². The average molecular weight is 234 g/mol. The van der Waals surface area contributed by atoms with E-state index < -0.39 is 0 Å². The number of anilines is 2. The standard InChI is InChI=1S/C13H12ClNO/c1-9-12(14)3-2-4-13(9)15-10-5-7-11(16)8-6-10/h2-8,15-16H,1H3. The Bertz CT molecular complexity index is 494. The first-order valence-electron chi connectivity index (χ1n) is 4.98. The molecule has 0 bridgehead atoms. The van der Waals surface area contributed by atoms with E-state index in [0.29, 0.717) is 0 Å². The van der Waals surface area contributed by atoms with Gasteiger partial charge in [-0.3, -0.25) is 0 Å². The molecule has 16 heavy (non-hydrogen) atoms. The van der Waals surface area contributed by atoms with Crippen molar-refractivity contribution in [2.75, 3.05) is 5.32 Å². The topological polar surface area (TPSA) is 32.3 Å². The number of phenolic OH excluding ortho intramolecular Hbond substituents is 1. The highest BCUT2D eigenvalue weighted by Gasteiger charge is 2.01. The van der Waals surface area contributed by atoms with Crippen molar-refractivity contribution in [1.82, 2.24) is 0 Å². The van der Waals surface area contributed by atoms with Gasteiger partial charge in [0.15, 0.2) is 0 Å². The first kappa shape index (κ1) is 10.8. The summed E-state index contributed by atoms with van der Waals surface area (Å²) in [6.45, 7) is 1.96. The summed E-state index contributed by atoms with van der Waals surface area (Å²) in [5, 5.41) is 13.2. The number of hydrogen-bond donors (Lipinski definition) is 2. The fraction of sp³-hybridized carbons (Fsp3) is 0.0769. The van der Waals surface area contributed by atoms with Crippen molar-refractivity contribution in [3.05, 3.63) is 53.1 Å². The van der Waals surface area contributed by atoms with E-state index in [1.54, 1.807) is 12.1 Å². The highest BCUT2D eigenvalue weighted by Crippen LogP contribution is 2.26. The minimum atomic E-state index is 0.258. The third-order valence-corrected chi connectivity index (χ3v) is 2.82. The average Bonchev–Trinajstić information content (AvgIpc) is 2.28. The summed E-state index contributed by atoms with van der Waals surface area (Å²) >= 11 is 6.03. The van der Waals surface area contributed by atoms with E-state index in [-0.39, 0.29) is 5.75 Å². The molecule has 0 saturated carbocycles. The second-order valence-corrected chi connectivity index (χ2v) is 3.99. The third kappa shape index (κ3) is 2.28. The Morgan fingerprint density at radius 2 is 1.75 bits per heavy atom. The summed E-state index contributed by atoms with van der Waals surface area (Å²) in [6.07, 6.45) is 0. The molecule has 2 rings (SSSR count). The van der Waals surface area contributed by atoms with E-state index in [2.05, 4.69) is 5.32 Å². The quantitative estimate of drug-likeness (QED) is 0.766. The largest absolute Gasteiger partial charge is 0.508 e. The fourth-order valence-corrected chi connectivity index (χ4v) is 1.62. The molecule has 0 atom stereocenters. The molecule has 0 radical (unpaired) electrons. The van der Waals surface area contributed by atoms with Gasteiger partial charge in [0.1, 0.15) is 5.75 Å². The number of phenols is 1. The molecule has 0 saturated heterocycles. The van der Waals surface area contributed by atoms with Crippen LogP contribution in [0.15, 0.2) is 42.5 Å². The van der Waals surface area contributed by atoms with Crippen LogP contribution in [-0.2, 0) is 0 Å². The SMILES string of the molecule is Cc1c(Cl)cccc1Nc1ccc(O)cc1. The van der Waals surface area contributed by atoms with Crippen molar-refractivity contribution in [3.63, 3.8) is 0 Å². The molecular formula is C13H12ClNO. The van der Waals surface area contributed by atoms with E-state index in [9.17, 15) is 5.11 Å². The smallest absolute Gasteiger partial charge is 0.115 e. The molecule has 0 amide bonds. The van der Waals surface area contributed by atoms with E-state index in [1.807, 2.05) is 37.3 Å². The van der Waals surface area contributed by atoms with E-state index in [4.69, 9.17) is 11.6 Å². The van der Waals surface area contributed by atoms with Crippen LogP contribution < -0.4 is 5.32 Å². The first-order valence-corrected chi connectivity index (χ1v) is 5.36. The molecule has 0 aromatic heterocycles. The Hall–Kier alpha value is -1.67. The summed E-state index contributed by atoms with van der Waals surface area (Å²) in [5.41, 5.74) is 2.90. The number of aromatic hydroxyl groups is 1. The number of hydrogen-bond acceptors (Lipinski definition) is 2. The number of nitrogens with one attached hydrogen (secondary N) is 1. The molecule has 0 unspecified atom stereocenters. The van der Waals surface area contributed by atoms with Crippen molar-refractivity contribution in [2.45, 2.75) is 6.92 Å². The molecule has 2 nitrogen and oxygen atoms in total. The molecule has 2 aromatic carbocycles. The van der Waals surface area contributed by atoms with Gasteiger partial charge in [-0.1, -0.05) is 17.7 Å².